The largest absolute Gasteiger partial charge is 0.504 e. The average molecular weight is 411 g/mol. The van der Waals surface area contributed by atoms with Crippen LogP contribution >= 0.6 is 0 Å². The summed E-state index contributed by atoms with van der Waals surface area (Å²) < 4.78 is 16.7. The van der Waals surface area contributed by atoms with Crippen LogP contribution in [-0.2, 0) is 24.2 Å². The molecule has 0 bridgehead atoms. The lowest BCUT2D eigenvalue weighted by molar-refractivity contribution is -0.132. The lowest BCUT2D eigenvalue weighted by Gasteiger charge is -2.42. The zero-order valence-electron chi connectivity index (χ0n) is 17.9. The van der Waals surface area contributed by atoms with Gasteiger partial charge in [0.1, 0.15) is 0 Å². The van der Waals surface area contributed by atoms with E-state index in [4.69, 9.17) is 14.2 Å². The van der Waals surface area contributed by atoms with Gasteiger partial charge in [-0.25, -0.2) is 0 Å². The van der Waals surface area contributed by atoms with Crippen LogP contribution in [0.2, 0.25) is 0 Å². The Morgan fingerprint density at radius 2 is 2.07 bits per heavy atom. The minimum absolute atomic E-state index is 0.176. The Bertz CT molecular complexity index is 955. The van der Waals surface area contributed by atoms with Crippen molar-refractivity contribution < 1.29 is 24.1 Å². The molecule has 160 valence electrons. The number of nitrogens with zero attached hydrogens (tertiary/aromatic N) is 1. The number of carbonyl (C=O) groups excluding carboxylic acids is 1. The summed E-state index contributed by atoms with van der Waals surface area (Å²) in [7, 11) is 1.58. The van der Waals surface area contributed by atoms with Gasteiger partial charge in [-0.3, -0.25) is 9.69 Å². The molecule has 2 aliphatic rings. The van der Waals surface area contributed by atoms with Gasteiger partial charge in [0.15, 0.2) is 23.0 Å². The number of ether oxygens (including phenoxy) is 3. The van der Waals surface area contributed by atoms with Crippen molar-refractivity contribution in [3.63, 3.8) is 0 Å². The molecule has 0 radical (unpaired) electrons. The van der Waals surface area contributed by atoms with E-state index >= 15 is 0 Å². The number of methoxy groups -OCH3 is 1. The van der Waals surface area contributed by atoms with Crippen LogP contribution in [0.25, 0.3) is 0 Å². The van der Waals surface area contributed by atoms with Crippen molar-refractivity contribution >= 4 is 5.97 Å². The van der Waals surface area contributed by atoms with Gasteiger partial charge in [-0.05, 0) is 54.2 Å². The zero-order chi connectivity index (χ0) is 21.3. The maximum absolute atomic E-state index is 11.6. The molecule has 0 fully saturated rings. The van der Waals surface area contributed by atoms with Gasteiger partial charge in [-0.2, -0.15) is 0 Å². The first kappa shape index (κ1) is 20.5. The van der Waals surface area contributed by atoms with E-state index in [2.05, 4.69) is 17.9 Å². The summed E-state index contributed by atoms with van der Waals surface area (Å²) in [6.07, 6.45) is 3.70. The highest BCUT2D eigenvalue weighted by molar-refractivity contribution is 5.72. The van der Waals surface area contributed by atoms with Gasteiger partial charge < -0.3 is 19.3 Å². The van der Waals surface area contributed by atoms with Crippen LogP contribution in [0.4, 0.5) is 0 Å². The first-order valence-corrected chi connectivity index (χ1v) is 10.6. The summed E-state index contributed by atoms with van der Waals surface area (Å²) in [5, 5.41) is 10.5. The normalized spacial score (nSPS) is 17.5. The van der Waals surface area contributed by atoms with Gasteiger partial charge in [0.25, 0.3) is 0 Å². The summed E-state index contributed by atoms with van der Waals surface area (Å²) in [4.78, 5) is 14.0. The molecule has 0 amide bonds. The molecular formula is C24H29NO5. The number of fused-ring (bicyclic) bond motifs is 4. The number of esters is 1. The summed E-state index contributed by atoms with van der Waals surface area (Å²) in [5.74, 6) is 1.52. The second-order valence-corrected chi connectivity index (χ2v) is 7.99. The fraction of sp³-hybridized carbons (Fsp3) is 0.458. The smallest absolute Gasteiger partial charge is 0.308 e. The highest BCUT2D eigenvalue weighted by Crippen LogP contribution is 2.45. The topological polar surface area (TPSA) is 68.2 Å². The van der Waals surface area contributed by atoms with Crippen molar-refractivity contribution in [3.8, 4) is 23.0 Å². The Hall–Kier alpha value is -2.73. The minimum Gasteiger partial charge on any atom is -0.504 e. The molecule has 6 heteroatoms. The molecule has 0 aliphatic carbocycles. The van der Waals surface area contributed by atoms with E-state index in [1.165, 1.54) is 12.5 Å². The van der Waals surface area contributed by atoms with Gasteiger partial charge in [-0.1, -0.05) is 19.4 Å². The number of carbonyl (C=O) groups is 1. The first-order valence-electron chi connectivity index (χ1n) is 10.6. The SMILES string of the molecule is CCCCOc1cc2c(cc1O)C1Cc3ccc(OC)c(OC(C)=O)c3CN1CC2. The standard InChI is InChI=1S/C24H29NO5/c1-4-5-10-29-23-12-17-8-9-25-14-19-16(11-20(25)18(17)13-21(23)27)6-7-22(28-3)24(19)30-15(2)26/h6-7,12-13,20,27H,4-5,8-11,14H2,1-3H3. The number of unbranched alkanes of at least 4 members (excludes halogenated alkanes) is 1. The maximum atomic E-state index is 11.6. The molecule has 0 saturated carbocycles. The van der Waals surface area contributed by atoms with Gasteiger partial charge >= 0.3 is 5.97 Å². The molecule has 1 atom stereocenters. The van der Waals surface area contributed by atoms with Crippen molar-refractivity contribution in [1.29, 1.82) is 0 Å². The lowest BCUT2D eigenvalue weighted by atomic mass is 9.83. The van der Waals surface area contributed by atoms with Crippen LogP contribution < -0.4 is 14.2 Å². The van der Waals surface area contributed by atoms with Crippen LogP contribution in [0.3, 0.4) is 0 Å². The number of phenolic OH excluding ortho intramolecular Hbond substituents is 1. The summed E-state index contributed by atoms with van der Waals surface area (Å²) >= 11 is 0. The van der Waals surface area contributed by atoms with E-state index in [-0.39, 0.29) is 17.8 Å². The third-order valence-corrected chi connectivity index (χ3v) is 6.01. The lowest BCUT2D eigenvalue weighted by Crippen LogP contribution is -2.39. The number of phenols is 1. The van der Waals surface area contributed by atoms with Gasteiger partial charge in [-0.15, -0.1) is 0 Å². The molecule has 2 aromatic rings. The monoisotopic (exact) mass is 411 g/mol. The number of hydrogen-bond donors (Lipinski definition) is 1. The third-order valence-electron chi connectivity index (χ3n) is 6.01. The average Bonchev–Trinajstić information content (AvgIpc) is 2.73. The van der Waals surface area contributed by atoms with E-state index in [9.17, 15) is 9.90 Å². The summed E-state index contributed by atoms with van der Waals surface area (Å²) in [6, 6.07) is 7.96. The molecule has 0 spiro atoms. The minimum atomic E-state index is -0.353. The third kappa shape index (κ3) is 3.84. The molecule has 30 heavy (non-hydrogen) atoms. The van der Waals surface area contributed by atoms with E-state index in [0.717, 1.165) is 48.9 Å². The first-order chi connectivity index (χ1) is 14.5. The van der Waals surface area contributed by atoms with Crippen molar-refractivity contribution in [3.05, 3.63) is 46.5 Å². The number of benzene rings is 2. The van der Waals surface area contributed by atoms with E-state index in [1.807, 2.05) is 18.2 Å². The van der Waals surface area contributed by atoms with Crippen molar-refractivity contribution in [1.82, 2.24) is 4.90 Å². The molecule has 0 saturated heterocycles. The van der Waals surface area contributed by atoms with E-state index in [1.54, 1.807) is 7.11 Å². The fourth-order valence-corrected chi connectivity index (χ4v) is 4.48. The zero-order valence-corrected chi connectivity index (χ0v) is 17.9. The molecule has 2 heterocycles. The number of rotatable bonds is 6. The van der Waals surface area contributed by atoms with Gasteiger partial charge in [0, 0.05) is 31.6 Å². The predicted octanol–water partition coefficient (Wildman–Crippen LogP) is 4.16. The van der Waals surface area contributed by atoms with Gasteiger partial charge in [0.2, 0.25) is 0 Å². The fourth-order valence-electron chi connectivity index (χ4n) is 4.48. The Balaban J connectivity index is 1.66. The Labute approximate surface area is 177 Å². The number of aromatic hydroxyl groups is 1. The second-order valence-electron chi connectivity index (χ2n) is 7.99. The number of hydrogen-bond acceptors (Lipinski definition) is 6. The maximum Gasteiger partial charge on any atom is 0.308 e. The molecule has 1 unspecified atom stereocenters. The molecule has 6 nitrogen and oxygen atoms in total. The second kappa shape index (κ2) is 8.56. The van der Waals surface area contributed by atoms with E-state index in [0.29, 0.717) is 30.4 Å². The van der Waals surface area contributed by atoms with Crippen molar-refractivity contribution in [2.45, 2.75) is 52.1 Å². The Morgan fingerprint density at radius 3 is 2.80 bits per heavy atom. The van der Waals surface area contributed by atoms with Crippen LogP contribution in [0.5, 0.6) is 23.0 Å². The predicted molar refractivity (Wildman–Crippen MR) is 113 cm³/mol. The highest BCUT2D eigenvalue weighted by atomic mass is 16.6. The molecule has 0 aromatic heterocycles. The van der Waals surface area contributed by atoms with Crippen LogP contribution in [0.15, 0.2) is 24.3 Å². The Morgan fingerprint density at radius 1 is 1.23 bits per heavy atom. The molecule has 1 N–H and O–H groups in total. The molecule has 4 rings (SSSR count). The van der Waals surface area contributed by atoms with Crippen LogP contribution in [0.1, 0.15) is 55.0 Å². The molecule has 2 aromatic carbocycles. The summed E-state index contributed by atoms with van der Waals surface area (Å²) in [5.41, 5.74) is 4.53. The van der Waals surface area contributed by atoms with E-state index < -0.39 is 0 Å². The van der Waals surface area contributed by atoms with Crippen molar-refractivity contribution in [2.75, 3.05) is 20.3 Å². The van der Waals surface area contributed by atoms with Crippen molar-refractivity contribution in [2.24, 2.45) is 0 Å². The van der Waals surface area contributed by atoms with Gasteiger partial charge in [0.05, 0.1) is 13.7 Å². The summed E-state index contributed by atoms with van der Waals surface area (Å²) in [6.45, 7) is 5.72. The quantitative estimate of drug-likeness (QED) is 0.437. The van der Waals surface area contributed by atoms with Crippen LogP contribution in [0, 0.1) is 0 Å². The molecular weight excluding hydrogens is 382 g/mol. The molecule has 2 aliphatic heterocycles. The van der Waals surface area contributed by atoms with Crippen LogP contribution in [-0.4, -0.2) is 36.2 Å². The Kier molecular flexibility index (Phi) is 5.86. The highest BCUT2D eigenvalue weighted by Gasteiger charge is 2.35.